The third-order valence-corrected chi connectivity index (χ3v) is 6.33. The van der Waals surface area contributed by atoms with E-state index in [1.54, 1.807) is 18.3 Å². The van der Waals surface area contributed by atoms with Gasteiger partial charge in [0, 0.05) is 17.6 Å². The van der Waals surface area contributed by atoms with Crippen molar-refractivity contribution in [2.24, 2.45) is 0 Å². The van der Waals surface area contributed by atoms with Crippen molar-refractivity contribution in [1.82, 2.24) is 9.88 Å². The molecule has 1 aliphatic heterocycles. The number of sulfone groups is 1. The highest BCUT2D eigenvalue weighted by atomic mass is 32.2. The molecule has 4 nitrogen and oxygen atoms in total. The lowest BCUT2D eigenvalue weighted by Crippen LogP contribution is -2.41. The second kappa shape index (κ2) is 6.34. The molecular weight excluding hydrogens is 296 g/mol. The summed E-state index contributed by atoms with van der Waals surface area (Å²) in [6, 6.07) is 9.14. The summed E-state index contributed by atoms with van der Waals surface area (Å²) in [5, 5.41) is 0.870. The molecule has 0 N–H and O–H groups in total. The molecule has 1 aromatic carbocycles. The fourth-order valence-corrected chi connectivity index (χ4v) is 4.98. The first-order valence-corrected chi connectivity index (χ1v) is 9.54. The van der Waals surface area contributed by atoms with E-state index in [1.165, 1.54) is 19.3 Å². The Labute approximate surface area is 132 Å². The molecule has 1 fully saturated rings. The second-order valence-corrected chi connectivity index (χ2v) is 8.06. The van der Waals surface area contributed by atoms with Crippen LogP contribution in [0.5, 0.6) is 0 Å². The minimum atomic E-state index is -3.34. The molecule has 1 aliphatic rings. The van der Waals surface area contributed by atoms with Gasteiger partial charge in [-0.05, 0) is 45.0 Å². The maximum atomic E-state index is 12.8. The zero-order chi connectivity index (χ0) is 15.6. The lowest BCUT2D eigenvalue weighted by Gasteiger charge is -2.32. The van der Waals surface area contributed by atoms with Gasteiger partial charge in [0.2, 0.25) is 0 Å². The first-order chi connectivity index (χ1) is 10.6. The monoisotopic (exact) mass is 318 g/mol. The van der Waals surface area contributed by atoms with Crippen LogP contribution in [0.3, 0.4) is 0 Å². The summed E-state index contributed by atoms with van der Waals surface area (Å²) < 4.78 is 25.7. The van der Waals surface area contributed by atoms with Crippen LogP contribution in [0.25, 0.3) is 10.9 Å². The second-order valence-electron chi connectivity index (χ2n) is 6.06. The number of piperidine rings is 1. The van der Waals surface area contributed by atoms with Crippen molar-refractivity contribution in [2.45, 2.75) is 37.1 Å². The molecule has 1 saturated heterocycles. The average Bonchev–Trinajstić information content (AvgIpc) is 2.54. The van der Waals surface area contributed by atoms with Crippen LogP contribution < -0.4 is 0 Å². The van der Waals surface area contributed by atoms with Gasteiger partial charge in [-0.2, -0.15) is 0 Å². The summed E-state index contributed by atoms with van der Waals surface area (Å²) in [4.78, 5) is 6.92. The van der Waals surface area contributed by atoms with Crippen molar-refractivity contribution >= 4 is 20.7 Å². The zero-order valence-corrected chi connectivity index (χ0v) is 13.7. The fraction of sp³-hybridized carbons (Fsp3) is 0.471. The summed E-state index contributed by atoms with van der Waals surface area (Å²) >= 11 is 0. The Hall–Kier alpha value is -1.46. The fourth-order valence-electron chi connectivity index (χ4n) is 3.20. The Balaban J connectivity index is 1.88. The topological polar surface area (TPSA) is 50.3 Å². The molecule has 1 atom stereocenters. The van der Waals surface area contributed by atoms with Gasteiger partial charge in [-0.25, -0.2) is 8.42 Å². The molecule has 0 spiro atoms. The number of fused-ring (bicyclic) bond motifs is 1. The van der Waals surface area contributed by atoms with E-state index >= 15 is 0 Å². The molecule has 2 heterocycles. The molecule has 0 saturated carbocycles. The van der Waals surface area contributed by atoms with Crippen LogP contribution in [-0.2, 0) is 9.84 Å². The maximum absolute atomic E-state index is 12.8. The quantitative estimate of drug-likeness (QED) is 0.870. The number of likely N-dealkylation sites (tertiary alicyclic amines) is 1. The van der Waals surface area contributed by atoms with E-state index in [4.69, 9.17) is 0 Å². The van der Waals surface area contributed by atoms with E-state index in [2.05, 4.69) is 9.88 Å². The third kappa shape index (κ3) is 3.15. The summed E-state index contributed by atoms with van der Waals surface area (Å²) in [7, 11) is -3.34. The number of hydrogen-bond donors (Lipinski definition) is 0. The van der Waals surface area contributed by atoms with Gasteiger partial charge in [0.25, 0.3) is 0 Å². The normalized spacial score (nSPS) is 18.4. The first kappa shape index (κ1) is 15.4. The number of pyridine rings is 1. The molecule has 5 heteroatoms. The van der Waals surface area contributed by atoms with E-state index in [9.17, 15) is 8.42 Å². The number of rotatable bonds is 4. The predicted octanol–water partition coefficient (Wildman–Crippen LogP) is 2.88. The molecular formula is C17H22N2O2S. The van der Waals surface area contributed by atoms with Gasteiger partial charge in [0.05, 0.1) is 16.2 Å². The molecule has 0 bridgehead atoms. The van der Waals surface area contributed by atoms with Crippen LogP contribution >= 0.6 is 0 Å². The number of aromatic nitrogens is 1. The van der Waals surface area contributed by atoms with Gasteiger partial charge in [-0.3, -0.25) is 9.88 Å². The largest absolute Gasteiger partial charge is 0.300 e. The highest BCUT2D eigenvalue weighted by molar-refractivity contribution is 7.91. The van der Waals surface area contributed by atoms with E-state index in [0.717, 1.165) is 18.5 Å². The zero-order valence-electron chi connectivity index (χ0n) is 12.9. The molecule has 0 unspecified atom stereocenters. The van der Waals surface area contributed by atoms with Crippen LogP contribution in [-0.4, -0.2) is 43.2 Å². The van der Waals surface area contributed by atoms with Gasteiger partial charge >= 0.3 is 0 Å². The molecule has 0 amide bonds. The average molecular weight is 318 g/mol. The van der Waals surface area contributed by atoms with Gasteiger partial charge in [-0.1, -0.05) is 24.6 Å². The van der Waals surface area contributed by atoms with E-state index in [0.29, 0.717) is 10.4 Å². The van der Waals surface area contributed by atoms with Crippen molar-refractivity contribution < 1.29 is 8.42 Å². The molecule has 118 valence electrons. The molecule has 2 aromatic rings. The predicted molar refractivity (Wildman–Crippen MR) is 88.7 cm³/mol. The summed E-state index contributed by atoms with van der Waals surface area (Å²) in [5.74, 6) is 0.155. The Morgan fingerprint density at radius 2 is 1.86 bits per heavy atom. The van der Waals surface area contributed by atoms with Crippen LogP contribution in [0.15, 0.2) is 41.4 Å². The van der Waals surface area contributed by atoms with E-state index in [1.807, 2.05) is 25.1 Å². The summed E-state index contributed by atoms with van der Waals surface area (Å²) in [5.41, 5.74) is 0.579. The molecule has 1 aromatic heterocycles. The first-order valence-electron chi connectivity index (χ1n) is 7.88. The van der Waals surface area contributed by atoms with Crippen molar-refractivity contribution in [2.75, 3.05) is 18.8 Å². The molecule has 0 radical (unpaired) electrons. The van der Waals surface area contributed by atoms with Crippen molar-refractivity contribution in [3.63, 3.8) is 0 Å². The number of nitrogens with zero attached hydrogens (tertiary/aromatic N) is 2. The Kier molecular flexibility index (Phi) is 4.45. The van der Waals surface area contributed by atoms with E-state index in [-0.39, 0.29) is 11.8 Å². The highest BCUT2D eigenvalue weighted by Gasteiger charge is 2.25. The van der Waals surface area contributed by atoms with Gasteiger partial charge in [0.15, 0.2) is 9.84 Å². The van der Waals surface area contributed by atoms with Gasteiger partial charge < -0.3 is 0 Å². The van der Waals surface area contributed by atoms with Crippen molar-refractivity contribution in [3.05, 3.63) is 36.5 Å². The van der Waals surface area contributed by atoms with Gasteiger partial charge in [-0.15, -0.1) is 0 Å². The number of benzene rings is 1. The summed E-state index contributed by atoms with van der Waals surface area (Å²) in [6.45, 7) is 4.02. The lowest BCUT2D eigenvalue weighted by molar-refractivity contribution is 0.186. The Bertz CT molecular complexity index is 747. The van der Waals surface area contributed by atoms with Crippen molar-refractivity contribution in [1.29, 1.82) is 0 Å². The standard InChI is InChI=1S/C17H22N2O2S/c1-14(19-11-3-2-4-12-19)13-22(20,21)16-9-5-7-15-8-6-10-18-17(15)16/h5-10,14H,2-4,11-13H2,1H3/t14-/m1/s1. The molecule has 3 rings (SSSR count). The molecule has 22 heavy (non-hydrogen) atoms. The van der Waals surface area contributed by atoms with E-state index < -0.39 is 9.84 Å². The molecule has 0 aliphatic carbocycles. The van der Waals surface area contributed by atoms with Crippen LogP contribution in [0.1, 0.15) is 26.2 Å². The van der Waals surface area contributed by atoms with Crippen molar-refractivity contribution in [3.8, 4) is 0 Å². The Morgan fingerprint density at radius 3 is 2.64 bits per heavy atom. The Morgan fingerprint density at radius 1 is 1.14 bits per heavy atom. The van der Waals surface area contributed by atoms with Crippen LogP contribution in [0.4, 0.5) is 0 Å². The lowest BCUT2D eigenvalue weighted by atomic mass is 10.1. The highest BCUT2D eigenvalue weighted by Crippen LogP contribution is 2.23. The number of hydrogen-bond acceptors (Lipinski definition) is 4. The van der Waals surface area contributed by atoms with Crippen LogP contribution in [0.2, 0.25) is 0 Å². The minimum Gasteiger partial charge on any atom is -0.300 e. The summed E-state index contributed by atoms with van der Waals surface area (Å²) in [6.07, 6.45) is 5.24. The van der Waals surface area contributed by atoms with Gasteiger partial charge in [0.1, 0.15) is 0 Å². The van der Waals surface area contributed by atoms with Crippen LogP contribution in [0, 0.1) is 0 Å². The SMILES string of the molecule is C[C@H](CS(=O)(=O)c1cccc2cccnc12)N1CCCCC1. The minimum absolute atomic E-state index is 0.0456. The smallest absolute Gasteiger partial charge is 0.182 e. The maximum Gasteiger partial charge on any atom is 0.182 e. The number of para-hydroxylation sites is 1. The third-order valence-electron chi connectivity index (χ3n) is 4.41.